The molecular formula is C22H23N3O3. The summed E-state index contributed by atoms with van der Waals surface area (Å²) in [6.45, 7) is 3.95. The molecule has 0 aliphatic carbocycles. The Balaban J connectivity index is 1.69. The zero-order chi connectivity index (χ0) is 19.9. The molecule has 0 aliphatic rings. The number of ether oxygens (including phenoxy) is 2. The zero-order valence-electron chi connectivity index (χ0n) is 16.1. The average Bonchev–Trinajstić information content (AvgIpc) is 2.70. The molecule has 1 aromatic heterocycles. The molecule has 0 atom stereocenters. The number of amides is 1. The van der Waals surface area contributed by atoms with E-state index in [1.54, 1.807) is 31.4 Å². The van der Waals surface area contributed by atoms with E-state index < -0.39 is 0 Å². The number of anilines is 3. The Kier molecular flexibility index (Phi) is 6.11. The lowest BCUT2D eigenvalue weighted by Gasteiger charge is -2.15. The van der Waals surface area contributed by atoms with Crippen molar-refractivity contribution in [3.05, 3.63) is 72.4 Å². The summed E-state index contributed by atoms with van der Waals surface area (Å²) in [5.41, 5.74) is 1.93. The van der Waals surface area contributed by atoms with Crippen molar-refractivity contribution >= 4 is 23.1 Å². The Morgan fingerprint density at radius 2 is 1.86 bits per heavy atom. The van der Waals surface area contributed by atoms with Gasteiger partial charge in [-0.05, 0) is 50.2 Å². The molecule has 0 spiro atoms. The molecule has 2 N–H and O–H groups in total. The third-order valence-corrected chi connectivity index (χ3v) is 3.87. The van der Waals surface area contributed by atoms with Crippen molar-refractivity contribution in [1.82, 2.24) is 4.98 Å². The number of para-hydroxylation sites is 2. The highest BCUT2D eigenvalue weighted by atomic mass is 16.5. The summed E-state index contributed by atoms with van der Waals surface area (Å²) in [4.78, 5) is 16.8. The van der Waals surface area contributed by atoms with Crippen LogP contribution in [0, 0.1) is 0 Å². The molecule has 3 rings (SSSR count). The number of methoxy groups -OCH3 is 1. The molecule has 6 nitrogen and oxygen atoms in total. The Morgan fingerprint density at radius 1 is 1.04 bits per heavy atom. The van der Waals surface area contributed by atoms with Crippen molar-refractivity contribution in [3.8, 4) is 11.5 Å². The van der Waals surface area contributed by atoms with Crippen molar-refractivity contribution in [1.29, 1.82) is 0 Å². The first kappa shape index (κ1) is 19.2. The molecule has 0 saturated carbocycles. The van der Waals surface area contributed by atoms with Crippen LogP contribution in [0.2, 0.25) is 0 Å². The summed E-state index contributed by atoms with van der Waals surface area (Å²) in [6, 6.07) is 18.3. The molecule has 0 aliphatic heterocycles. The number of nitrogens with one attached hydrogen (secondary N) is 2. The molecule has 0 unspecified atom stereocenters. The predicted molar refractivity (Wildman–Crippen MR) is 111 cm³/mol. The Labute approximate surface area is 164 Å². The van der Waals surface area contributed by atoms with Crippen molar-refractivity contribution in [2.45, 2.75) is 20.0 Å². The normalized spacial score (nSPS) is 10.4. The molecule has 6 heteroatoms. The minimum atomic E-state index is -0.240. The van der Waals surface area contributed by atoms with Gasteiger partial charge in [0.05, 0.1) is 24.5 Å². The van der Waals surface area contributed by atoms with Crippen LogP contribution in [-0.4, -0.2) is 24.1 Å². The summed E-state index contributed by atoms with van der Waals surface area (Å²) in [5, 5.41) is 6.06. The van der Waals surface area contributed by atoms with E-state index in [0.717, 1.165) is 11.4 Å². The van der Waals surface area contributed by atoms with Crippen LogP contribution in [0.4, 0.5) is 17.2 Å². The highest BCUT2D eigenvalue weighted by Crippen LogP contribution is 2.27. The van der Waals surface area contributed by atoms with Crippen LogP contribution in [0.1, 0.15) is 24.2 Å². The average molecular weight is 377 g/mol. The van der Waals surface area contributed by atoms with Crippen LogP contribution in [0.15, 0.2) is 66.9 Å². The van der Waals surface area contributed by atoms with E-state index in [2.05, 4.69) is 15.6 Å². The maximum atomic E-state index is 12.4. The fourth-order valence-corrected chi connectivity index (χ4v) is 2.57. The van der Waals surface area contributed by atoms with Crippen molar-refractivity contribution in [3.63, 3.8) is 0 Å². The monoisotopic (exact) mass is 377 g/mol. The van der Waals surface area contributed by atoms with Gasteiger partial charge in [-0.2, -0.15) is 0 Å². The van der Waals surface area contributed by atoms with E-state index in [4.69, 9.17) is 9.47 Å². The van der Waals surface area contributed by atoms with Gasteiger partial charge >= 0.3 is 0 Å². The Morgan fingerprint density at radius 3 is 2.57 bits per heavy atom. The van der Waals surface area contributed by atoms with E-state index in [1.807, 2.05) is 50.2 Å². The number of rotatable bonds is 7. The second kappa shape index (κ2) is 8.90. The highest BCUT2D eigenvalue weighted by molar-refractivity contribution is 6.04. The quantitative estimate of drug-likeness (QED) is 0.614. The molecule has 0 saturated heterocycles. The number of hydrogen-bond donors (Lipinski definition) is 2. The van der Waals surface area contributed by atoms with Gasteiger partial charge in [-0.15, -0.1) is 0 Å². The van der Waals surface area contributed by atoms with Gasteiger partial charge in [-0.3, -0.25) is 4.79 Å². The van der Waals surface area contributed by atoms with Gasteiger partial charge in [0.2, 0.25) is 0 Å². The topological polar surface area (TPSA) is 72.5 Å². The summed E-state index contributed by atoms with van der Waals surface area (Å²) >= 11 is 0. The Hall–Kier alpha value is -3.54. The van der Waals surface area contributed by atoms with Gasteiger partial charge in [0.15, 0.2) is 0 Å². The first-order chi connectivity index (χ1) is 13.5. The SMILES string of the molecule is COc1cccc(NC(=O)c2ccc(Nc3ccccc3OC(C)C)nc2)c1. The second-order valence-corrected chi connectivity index (χ2v) is 6.41. The first-order valence-electron chi connectivity index (χ1n) is 8.99. The van der Waals surface area contributed by atoms with Crippen LogP contribution in [-0.2, 0) is 0 Å². The minimum Gasteiger partial charge on any atom is -0.497 e. The number of nitrogens with zero attached hydrogens (tertiary/aromatic N) is 1. The van der Waals surface area contributed by atoms with Crippen LogP contribution in [0.3, 0.4) is 0 Å². The van der Waals surface area contributed by atoms with Crippen LogP contribution in [0.5, 0.6) is 11.5 Å². The number of pyridine rings is 1. The first-order valence-corrected chi connectivity index (χ1v) is 8.99. The van der Waals surface area contributed by atoms with Gasteiger partial charge in [0, 0.05) is 18.0 Å². The van der Waals surface area contributed by atoms with Crippen molar-refractivity contribution in [2.24, 2.45) is 0 Å². The van der Waals surface area contributed by atoms with Crippen LogP contribution in [0.25, 0.3) is 0 Å². The largest absolute Gasteiger partial charge is 0.497 e. The van der Waals surface area contributed by atoms with Gasteiger partial charge in [-0.1, -0.05) is 18.2 Å². The van der Waals surface area contributed by atoms with Crippen molar-refractivity contribution in [2.75, 3.05) is 17.7 Å². The van der Waals surface area contributed by atoms with Gasteiger partial charge < -0.3 is 20.1 Å². The summed E-state index contributed by atoms with van der Waals surface area (Å²) < 4.78 is 11.0. The number of carbonyl (C=O) groups excluding carboxylic acids is 1. The molecule has 0 fully saturated rings. The summed E-state index contributed by atoms with van der Waals surface area (Å²) in [7, 11) is 1.58. The number of carbonyl (C=O) groups is 1. The maximum Gasteiger partial charge on any atom is 0.257 e. The summed E-state index contributed by atoms with van der Waals surface area (Å²) in [5.74, 6) is 1.81. The lowest BCUT2D eigenvalue weighted by molar-refractivity contribution is 0.102. The van der Waals surface area contributed by atoms with E-state index in [0.29, 0.717) is 22.8 Å². The van der Waals surface area contributed by atoms with Crippen LogP contribution >= 0.6 is 0 Å². The van der Waals surface area contributed by atoms with Crippen molar-refractivity contribution < 1.29 is 14.3 Å². The number of benzene rings is 2. The molecule has 144 valence electrons. The molecule has 0 bridgehead atoms. The van der Waals surface area contributed by atoms with Gasteiger partial charge in [0.1, 0.15) is 17.3 Å². The third-order valence-electron chi connectivity index (χ3n) is 3.87. The molecule has 2 aromatic carbocycles. The molecule has 1 amide bonds. The number of aromatic nitrogens is 1. The molecular weight excluding hydrogens is 354 g/mol. The second-order valence-electron chi connectivity index (χ2n) is 6.41. The van der Waals surface area contributed by atoms with Gasteiger partial charge in [-0.25, -0.2) is 4.98 Å². The molecule has 3 aromatic rings. The summed E-state index contributed by atoms with van der Waals surface area (Å²) in [6.07, 6.45) is 1.60. The smallest absolute Gasteiger partial charge is 0.257 e. The maximum absolute atomic E-state index is 12.4. The minimum absolute atomic E-state index is 0.0681. The predicted octanol–water partition coefficient (Wildman–Crippen LogP) is 4.87. The Bertz CT molecular complexity index is 940. The lowest BCUT2D eigenvalue weighted by atomic mass is 10.2. The fourth-order valence-electron chi connectivity index (χ4n) is 2.57. The van der Waals surface area contributed by atoms with E-state index in [9.17, 15) is 4.79 Å². The highest BCUT2D eigenvalue weighted by Gasteiger charge is 2.09. The van der Waals surface area contributed by atoms with E-state index >= 15 is 0 Å². The van der Waals surface area contributed by atoms with Crippen LogP contribution < -0.4 is 20.1 Å². The zero-order valence-corrected chi connectivity index (χ0v) is 16.1. The molecule has 0 radical (unpaired) electrons. The third kappa shape index (κ3) is 5.01. The molecule has 28 heavy (non-hydrogen) atoms. The number of hydrogen-bond acceptors (Lipinski definition) is 5. The van der Waals surface area contributed by atoms with E-state index in [1.165, 1.54) is 6.20 Å². The lowest BCUT2D eigenvalue weighted by Crippen LogP contribution is -2.12. The standard InChI is InChI=1S/C22H23N3O3/c1-15(2)28-20-10-5-4-9-19(20)25-21-12-11-16(14-23-21)22(26)24-17-7-6-8-18(13-17)27-3/h4-15H,1-3H3,(H,23,25)(H,24,26). The molecule has 1 heterocycles. The van der Waals surface area contributed by atoms with E-state index in [-0.39, 0.29) is 12.0 Å². The van der Waals surface area contributed by atoms with Gasteiger partial charge in [0.25, 0.3) is 5.91 Å². The fraction of sp³-hybridized carbons (Fsp3) is 0.182.